The SMILES string of the molecule is CNN1CCC12CCCC2. The van der Waals surface area contributed by atoms with Crippen molar-refractivity contribution in [2.45, 2.75) is 37.6 Å². The zero-order chi connectivity index (χ0) is 7.03. The molecule has 1 saturated heterocycles. The predicted octanol–water partition coefficient (Wildman–Crippen LogP) is 1.14. The smallest absolute Gasteiger partial charge is 0.0366 e. The number of hydrogen-bond donors (Lipinski definition) is 1. The zero-order valence-electron chi connectivity index (χ0n) is 6.69. The van der Waals surface area contributed by atoms with Crippen LogP contribution in [0.5, 0.6) is 0 Å². The third kappa shape index (κ3) is 0.722. The van der Waals surface area contributed by atoms with Gasteiger partial charge in [0.2, 0.25) is 0 Å². The second kappa shape index (κ2) is 2.21. The van der Waals surface area contributed by atoms with E-state index >= 15 is 0 Å². The van der Waals surface area contributed by atoms with E-state index in [0.29, 0.717) is 5.54 Å². The lowest BCUT2D eigenvalue weighted by Gasteiger charge is -2.50. The van der Waals surface area contributed by atoms with Crippen LogP contribution in [0.3, 0.4) is 0 Å². The molecule has 1 N–H and O–H groups in total. The fraction of sp³-hybridized carbons (Fsp3) is 1.00. The quantitative estimate of drug-likeness (QED) is 0.587. The normalized spacial score (nSPS) is 30.9. The molecule has 2 fully saturated rings. The van der Waals surface area contributed by atoms with Gasteiger partial charge in [-0.15, -0.1) is 0 Å². The van der Waals surface area contributed by atoms with Gasteiger partial charge in [-0.05, 0) is 26.3 Å². The van der Waals surface area contributed by atoms with Gasteiger partial charge in [-0.1, -0.05) is 12.8 Å². The van der Waals surface area contributed by atoms with E-state index in [1.54, 1.807) is 0 Å². The highest BCUT2D eigenvalue weighted by molar-refractivity contribution is 5.00. The molecule has 2 aliphatic rings. The van der Waals surface area contributed by atoms with Crippen LogP contribution in [-0.2, 0) is 0 Å². The maximum atomic E-state index is 3.27. The van der Waals surface area contributed by atoms with E-state index in [0.717, 1.165) is 0 Å². The topological polar surface area (TPSA) is 15.3 Å². The molecule has 0 aromatic carbocycles. The largest absolute Gasteiger partial charge is 0.258 e. The van der Waals surface area contributed by atoms with Crippen LogP contribution >= 0.6 is 0 Å². The van der Waals surface area contributed by atoms with Crippen molar-refractivity contribution < 1.29 is 0 Å². The minimum absolute atomic E-state index is 0.606. The van der Waals surface area contributed by atoms with Crippen LogP contribution in [0.1, 0.15) is 32.1 Å². The Morgan fingerprint density at radius 2 is 1.90 bits per heavy atom. The van der Waals surface area contributed by atoms with Crippen LogP contribution in [0.2, 0.25) is 0 Å². The molecule has 0 bridgehead atoms. The van der Waals surface area contributed by atoms with Gasteiger partial charge in [0.25, 0.3) is 0 Å². The van der Waals surface area contributed by atoms with Crippen molar-refractivity contribution in [3.8, 4) is 0 Å². The van der Waals surface area contributed by atoms with Gasteiger partial charge < -0.3 is 0 Å². The second-order valence-corrected chi connectivity index (χ2v) is 3.56. The first kappa shape index (κ1) is 6.62. The Bertz CT molecular complexity index is 125. The van der Waals surface area contributed by atoms with Crippen molar-refractivity contribution in [1.82, 2.24) is 10.4 Å². The molecule has 0 aromatic heterocycles. The van der Waals surface area contributed by atoms with Crippen LogP contribution in [0, 0.1) is 0 Å². The van der Waals surface area contributed by atoms with Crippen LogP contribution in [-0.4, -0.2) is 24.1 Å². The van der Waals surface area contributed by atoms with Crippen molar-refractivity contribution in [2.24, 2.45) is 0 Å². The fourth-order valence-electron chi connectivity index (χ4n) is 2.44. The van der Waals surface area contributed by atoms with E-state index in [1.165, 1.54) is 38.6 Å². The maximum Gasteiger partial charge on any atom is 0.0366 e. The minimum Gasteiger partial charge on any atom is -0.258 e. The van der Waals surface area contributed by atoms with Gasteiger partial charge in [0, 0.05) is 12.1 Å². The number of rotatable bonds is 1. The summed E-state index contributed by atoms with van der Waals surface area (Å²) in [6.45, 7) is 1.26. The Labute approximate surface area is 62.6 Å². The van der Waals surface area contributed by atoms with Crippen LogP contribution in [0.15, 0.2) is 0 Å². The van der Waals surface area contributed by atoms with Crippen molar-refractivity contribution in [3.05, 3.63) is 0 Å². The van der Waals surface area contributed by atoms with Crippen LogP contribution < -0.4 is 5.43 Å². The molecular weight excluding hydrogens is 124 g/mol. The molecule has 58 valence electrons. The lowest BCUT2D eigenvalue weighted by Crippen LogP contribution is -2.62. The van der Waals surface area contributed by atoms with Gasteiger partial charge >= 0.3 is 0 Å². The summed E-state index contributed by atoms with van der Waals surface area (Å²) in [6, 6.07) is 0. The van der Waals surface area contributed by atoms with E-state index in [1.807, 2.05) is 7.05 Å². The van der Waals surface area contributed by atoms with Crippen molar-refractivity contribution in [3.63, 3.8) is 0 Å². The van der Waals surface area contributed by atoms with Crippen LogP contribution in [0.4, 0.5) is 0 Å². The molecular formula is C8H16N2. The Kier molecular flexibility index (Phi) is 1.46. The van der Waals surface area contributed by atoms with Gasteiger partial charge in [-0.2, -0.15) is 0 Å². The number of hydrazine groups is 1. The molecule has 1 aliphatic carbocycles. The standard InChI is InChI=1S/C8H16N2/c1-9-10-7-6-8(10)4-2-3-5-8/h9H,2-7H2,1H3. The van der Waals surface area contributed by atoms with E-state index in [4.69, 9.17) is 0 Å². The zero-order valence-corrected chi connectivity index (χ0v) is 6.69. The first-order valence-corrected chi connectivity index (χ1v) is 4.32. The molecule has 0 amide bonds. The third-order valence-electron chi connectivity index (χ3n) is 3.18. The summed E-state index contributed by atoms with van der Waals surface area (Å²) in [4.78, 5) is 0. The lowest BCUT2D eigenvalue weighted by atomic mass is 9.85. The molecule has 1 heterocycles. The first-order valence-electron chi connectivity index (χ1n) is 4.32. The Morgan fingerprint density at radius 1 is 1.20 bits per heavy atom. The van der Waals surface area contributed by atoms with Gasteiger partial charge in [-0.3, -0.25) is 5.43 Å². The summed E-state index contributed by atoms with van der Waals surface area (Å²) in [5.74, 6) is 0. The first-order chi connectivity index (χ1) is 4.87. The molecule has 0 radical (unpaired) electrons. The summed E-state index contributed by atoms with van der Waals surface area (Å²) < 4.78 is 0. The van der Waals surface area contributed by atoms with Crippen molar-refractivity contribution in [1.29, 1.82) is 0 Å². The van der Waals surface area contributed by atoms with E-state index in [-0.39, 0.29) is 0 Å². The molecule has 1 saturated carbocycles. The number of nitrogens with zero attached hydrogens (tertiary/aromatic N) is 1. The fourth-order valence-corrected chi connectivity index (χ4v) is 2.44. The number of nitrogens with one attached hydrogen (secondary N) is 1. The highest BCUT2D eigenvalue weighted by atomic mass is 15.6. The molecule has 0 aromatic rings. The van der Waals surface area contributed by atoms with Crippen molar-refractivity contribution >= 4 is 0 Å². The molecule has 2 heteroatoms. The molecule has 2 rings (SSSR count). The summed E-state index contributed by atoms with van der Waals surface area (Å²) in [5.41, 5.74) is 3.87. The van der Waals surface area contributed by atoms with Crippen LogP contribution in [0.25, 0.3) is 0 Å². The Balaban J connectivity index is 2.01. The van der Waals surface area contributed by atoms with Crippen molar-refractivity contribution in [2.75, 3.05) is 13.6 Å². The predicted molar refractivity (Wildman–Crippen MR) is 41.6 cm³/mol. The lowest BCUT2D eigenvalue weighted by molar-refractivity contribution is -0.0474. The maximum absolute atomic E-state index is 3.27. The highest BCUT2D eigenvalue weighted by Crippen LogP contribution is 2.42. The van der Waals surface area contributed by atoms with E-state index < -0.39 is 0 Å². The molecule has 2 nitrogen and oxygen atoms in total. The average Bonchev–Trinajstić information content (AvgIpc) is 2.35. The van der Waals surface area contributed by atoms with Gasteiger partial charge in [0.1, 0.15) is 0 Å². The number of hydrogen-bond acceptors (Lipinski definition) is 2. The summed E-state index contributed by atoms with van der Waals surface area (Å²) in [7, 11) is 2.04. The minimum atomic E-state index is 0.606. The van der Waals surface area contributed by atoms with E-state index in [9.17, 15) is 0 Å². The summed E-state index contributed by atoms with van der Waals surface area (Å²) >= 11 is 0. The highest BCUT2D eigenvalue weighted by Gasteiger charge is 2.45. The monoisotopic (exact) mass is 140 g/mol. The second-order valence-electron chi connectivity index (χ2n) is 3.56. The summed E-state index contributed by atoms with van der Waals surface area (Å²) in [6.07, 6.45) is 7.16. The molecule has 0 unspecified atom stereocenters. The van der Waals surface area contributed by atoms with Gasteiger partial charge in [-0.25, -0.2) is 5.01 Å². The third-order valence-corrected chi connectivity index (χ3v) is 3.18. The van der Waals surface area contributed by atoms with Gasteiger partial charge in [0.05, 0.1) is 0 Å². The van der Waals surface area contributed by atoms with E-state index in [2.05, 4.69) is 10.4 Å². The Hall–Kier alpha value is -0.0800. The average molecular weight is 140 g/mol. The molecule has 1 spiro atoms. The molecule has 10 heavy (non-hydrogen) atoms. The molecule has 1 aliphatic heterocycles. The Morgan fingerprint density at radius 3 is 2.30 bits per heavy atom. The van der Waals surface area contributed by atoms with Gasteiger partial charge in [0.15, 0.2) is 0 Å². The summed E-state index contributed by atoms with van der Waals surface area (Å²) in [5, 5.41) is 2.42. The molecule has 0 atom stereocenters.